The van der Waals surface area contributed by atoms with Gasteiger partial charge in [0.15, 0.2) is 5.82 Å². The molecule has 1 unspecified atom stereocenters. The molecule has 0 saturated carbocycles. The van der Waals surface area contributed by atoms with Gasteiger partial charge >= 0.3 is 0 Å². The summed E-state index contributed by atoms with van der Waals surface area (Å²) in [7, 11) is 0. The molecule has 1 aliphatic heterocycles. The first-order valence-electron chi connectivity index (χ1n) is 5.49. The highest BCUT2D eigenvalue weighted by Gasteiger charge is 2.20. The summed E-state index contributed by atoms with van der Waals surface area (Å²) in [6, 6.07) is -0.143. The zero-order valence-corrected chi connectivity index (χ0v) is 8.98. The van der Waals surface area contributed by atoms with Crippen LogP contribution in [0.2, 0.25) is 0 Å². The highest BCUT2D eigenvalue weighted by atomic mass is 16.5. The second-order valence-corrected chi connectivity index (χ2v) is 3.90. The zero-order valence-electron chi connectivity index (χ0n) is 8.98. The van der Waals surface area contributed by atoms with Crippen LogP contribution in [0.5, 0.6) is 0 Å². The van der Waals surface area contributed by atoms with Crippen LogP contribution in [0.3, 0.4) is 0 Å². The van der Waals surface area contributed by atoms with Gasteiger partial charge in [-0.1, -0.05) is 12.1 Å². The molecule has 2 N–H and O–H groups in total. The average Bonchev–Trinajstić information content (AvgIpc) is 2.88. The fourth-order valence-electron chi connectivity index (χ4n) is 1.68. The van der Waals surface area contributed by atoms with E-state index < -0.39 is 0 Å². The molecule has 0 radical (unpaired) electrons. The predicted octanol–water partition coefficient (Wildman–Crippen LogP) is 1.20. The molecule has 1 aromatic rings. The molecule has 0 aliphatic carbocycles. The SMILES string of the molecule is CC[C@H](N)c1nc(CC2CCCO2)no1. The van der Waals surface area contributed by atoms with Crippen LogP contribution in [0.4, 0.5) is 0 Å². The van der Waals surface area contributed by atoms with Gasteiger partial charge in [-0.25, -0.2) is 0 Å². The molecule has 5 nitrogen and oxygen atoms in total. The van der Waals surface area contributed by atoms with Crippen LogP contribution in [0, 0.1) is 0 Å². The van der Waals surface area contributed by atoms with Crippen molar-refractivity contribution in [3.05, 3.63) is 11.7 Å². The van der Waals surface area contributed by atoms with Gasteiger partial charge in [-0.05, 0) is 19.3 Å². The van der Waals surface area contributed by atoms with Gasteiger partial charge in [-0.3, -0.25) is 0 Å². The molecule has 1 aromatic heterocycles. The van der Waals surface area contributed by atoms with E-state index in [4.69, 9.17) is 15.0 Å². The van der Waals surface area contributed by atoms with E-state index in [1.54, 1.807) is 0 Å². The molecule has 0 amide bonds. The topological polar surface area (TPSA) is 74.2 Å². The summed E-state index contributed by atoms with van der Waals surface area (Å²) in [5, 5.41) is 3.90. The third-order valence-electron chi connectivity index (χ3n) is 2.68. The molecule has 0 aromatic carbocycles. The summed E-state index contributed by atoms with van der Waals surface area (Å²) in [6.07, 6.45) is 4.02. The van der Waals surface area contributed by atoms with Crippen molar-refractivity contribution in [1.29, 1.82) is 0 Å². The van der Waals surface area contributed by atoms with E-state index in [1.807, 2.05) is 6.92 Å². The summed E-state index contributed by atoms with van der Waals surface area (Å²) in [5.41, 5.74) is 5.79. The summed E-state index contributed by atoms with van der Waals surface area (Å²) in [6.45, 7) is 2.85. The molecule has 84 valence electrons. The smallest absolute Gasteiger partial charge is 0.243 e. The largest absolute Gasteiger partial charge is 0.378 e. The van der Waals surface area contributed by atoms with Crippen molar-refractivity contribution < 1.29 is 9.26 Å². The van der Waals surface area contributed by atoms with E-state index in [2.05, 4.69) is 10.1 Å². The first-order chi connectivity index (χ1) is 7.29. The van der Waals surface area contributed by atoms with E-state index in [-0.39, 0.29) is 12.1 Å². The molecule has 2 atom stereocenters. The Kier molecular flexibility index (Phi) is 3.33. The van der Waals surface area contributed by atoms with Crippen molar-refractivity contribution in [2.75, 3.05) is 6.61 Å². The summed E-state index contributed by atoms with van der Waals surface area (Å²) >= 11 is 0. The van der Waals surface area contributed by atoms with E-state index >= 15 is 0 Å². The fraction of sp³-hybridized carbons (Fsp3) is 0.800. The van der Waals surface area contributed by atoms with Crippen molar-refractivity contribution >= 4 is 0 Å². The molecule has 5 heteroatoms. The molecule has 0 spiro atoms. The van der Waals surface area contributed by atoms with Gasteiger partial charge in [0.05, 0.1) is 12.1 Å². The van der Waals surface area contributed by atoms with E-state index in [1.165, 1.54) is 0 Å². The van der Waals surface area contributed by atoms with Crippen LogP contribution in [0.15, 0.2) is 4.52 Å². The van der Waals surface area contributed by atoms with Crippen LogP contribution >= 0.6 is 0 Å². The molecule has 15 heavy (non-hydrogen) atoms. The molecular weight excluding hydrogens is 194 g/mol. The van der Waals surface area contributed by atoms with Crippen LogP contribution < -0.4 is 5.73 Å². The number of nitrogens with two attached hydrogens (primary N) is 1. The molecule has 1 saturated heterocycles. The first kappa shape index (κ1) is 10.6. The van der Waals surface area contributed by atoms with Gasteiger partial charge in [0.25, 0.3) is 0 Å². The lowest BCUT2D eigenvalue weighted by Crippen LogP contribution is -2.11. The van der Waals surface area contributed by atoms with Gasteiger partial charge in [0, 0.05) is 13.0 Å². The van der Waals surface area contributed by atoms with Crippen molar-refractivity contribution in [1.82, 2.24) is 10.1 Å². The van der Waals surface area contributed by atoms with Crippen molar-refractivity contribution in [3.8, 4) is 0 Å². The Morgan fingerprint density at radius 2 is 2.47 bits per heavy atom. The van der Waals surface area contributed by atoms with Crippen molar-refractivity contribution in [3.63, 3.8) is 0 Å². The van der Waals surface area contributed by atoms with Gasteiger partial charge in [0.1, 0.15) is 0 Å². The lowest BCUT2D eigenvalue weighted by Gasteiger charge is -2.04. The van der Waals surface area contributed by atoms with Gasteiger partial charge in [-0.2, -0.15) is 4.98 Å². The van der Waals surface area contributed by atoms with Crippen molar-refractivity contribution in [2.24, 2.45) is 5.73 Å². The Hall–Kier alpha value is -0.940. The molecule has 1 fully saturated rings. The normalized spacial score (nSPS) is 23.2. The van der Waals surface area contributed by atoms with E-state index in [9.17, 15) is 0 Å². The minimum atomic E-state index is -0.143. The maximum Gasteiger partial charge on any atom is 0.243 e. The number of hydrogen-bond donors (Lipinski definition) is 1. The Morgan fingerprint density at radius 3 is 3.13 bits per heavy atom. The highest BCUT2D eigenvalue weighted by molar-refractivity contribution is 4.93. The second kappa shape index (κ2) is 4.72. The Balaban J connectivity index is 1.94. The number of rotatable bonds is 4. The monoisotopic (exact) mass is 211 g/mol. The summed E-state index contributed by atoms with van der Waals surface area (Å²) in [4.78, 5) is 4.26. The quantitative estimate of drug-likeness (QED) is 0.810. The van der Waals surface area contributed by atoms with Gasteiger partial charge in [-0.15, -0.1) is 0 Å². The average molecular weight is 211 g/mol. The van der Waals surface area contributed by atoms with Crippen LogP contribution in [0.1, 0.15) is 43.9 Å². The standard InChI is InChI=1S/C10H17N3O2/c1-2-8(11)10-12-9(13-15-10)6-7-4-3-5-14-7/h7-8H,2-6,11H2,1H3/t7?,8-/m0/s1. The first-order valence-corrected chi connectivity index (χ1v) is 5.49. The lowest BCUT2D eigenvalue weighted by atomic mass is 10.2. The minimum absolute atomic E-state index is 0.143. The van der Waals surface area contributed by atoms with Gasteiger partial charge < -0.3 is 15.0 Å². The summed E-state index contributed by atoms with van der Waals surface area (Å²) < 4.78 is 10.6. The second-order valence-electron chi connectivity index (χ2n) is 3.90. The lowest BCUT2D eigenvalue weighted by molar-refractivity contribution is 0.109. The third kappa shape index (κ3) is 2.54. The number of nitrogens with zero attached hydrogens (tertiary/aromatic N) is 2. The van der Waals surface area contributed by atoms with E-state index in [0.717, 1.165) is 32.3 Å². The molecular formula is C10H17N3O2. The van der Waals surface area contributed by atoms with Crippen molar-refractivity contribution in [2.45, 2.75) is 44.8 Å². The predicted molar refractivity (Wildman–Crippen MR) is 54.2 cm³/mol. The van der Waals surface area contributed by atoms with E-state index in [0.29, 0.717) is 11.7 Å². The van der Waals surface area contributed by atoms with Gasteiger partial charge in [0.2, 0.25) is 5.89 Å². The maximum absolute atomic E-state index is 5.79. The number of aromatic nitrogens is 2. The third-order valence-corrected chi connectivity index (χ3v) is 2.68. The Labute approximate surface area is 89.0 Å². The van der Waals surface area contributed by atoms with Crippen LogP contribution in [-0.4, -0.2) is 22.9 Å². The number of hydrogen-bond acceptors (Lipinski definition) is 5. The Morgan fingerprint density at radius 1 is 1.60 bits per heavy atom. The molecule has 1 aliphatic rings. The maximum atomic E-state index is 5.79. The fourth-order valence-corrected chi connectivity index (χ4v) is 1.68. The molecule has 0 bridgehead atoms. The minimum Gasteiger partial charge on any atom is -0.378 e. The van der Waals surface area contributed by atoms with Crippen LogP contribution in [-0.2, 0) is 11.2 Å². The van der Waals surface area contributed by atoms with Crippen LogP contribution in [0.25, 0.3) is 0 Å². The highest BCUT2D eigenvalue weighted by Crippen LogP contribution is 2.17. The molecule has 2 heterocycles. The zero-order chi connectivity index (χ0) is 10.7. The summed E-state index contributed by atoms with van der Waals surface area (Å²) in [5.74, 6) is 1.24. The Bertz CT molecular complexity index is 307. The number of ether oxygens (including phenoxy) is 1. The molecule has 2 rings (SSSR count).